The third-order valence-corrected chi connectivity index (χ3v) is 2.21. The number of rotatable bonds is 1. The molecule has 14 heavy (non-hydrogen) atoms. The summed E-state index contributed by atoms with van der Waals surface area (Å²) in [6.07, 6.45) is 0. The van der Waals surface area contributed by atoms with Crippen LogP contribution in [0.2, 0.25) is 10.0 Å². The molecule has 3 nitrogen and oxygen atoms in total. The Kier molecular flexibility index (Phi) is 4.15. The van der Waals surface area contributed by atoms with Crippen molar-refractivity contribution in [3.63, 3.8) is 0 Å². The molecule has 0 aliphatic heterocycles. The first-order valence-corrected chi connectivity index (χ1v) is 4.45. The fraction of sp³-hybridized carbons (Fsp3) is 0.111. The minimum Gasteiger partial charge on any atom is -0.0918 e. The zero-order chi connectivity index (χ0) is 10.4. The summed E-state index contributed by atoms with van der Waals surface area (Å²) in [6, 6.07) is 5.19. The van der Waals surface area contributed by atoms with Crippen molar-refractivity contribution in [2.24, 2.45) is 5.11 Å². The molecule has 0 unspecified atom stereocenters. The number of benzene rings is 1. The molecule has 0 heterocycles. The topological polar surface area (TPSA) is 48.8 Å². The van der Waals surface area contributed by atoms with Crippen molar-refractivity contribution in [1.82, 2.24) is 0 Å². The van der Waals surface area contributed by atoms with Crippen molar-refractivity contribution < 1.29 is 0 Å². The van der Waals surface area contributed by atoms with Crippen LogP contribution in [0.3, 0.4) is 0 Å². The van der Waals surface area contributed by atoms with Crippen LogP contribution in [-0.2, 0) is 0 Å². The lowest BCUT2D eigenvalue weighted by molar-refractivity contribution is 1.25. The predicted octanol–water partition coefficient (Wildman–Crippen LogP) is 3.66. The fourth-order valence-corrected chi connectivity index (χ4v) is 1.15. The molecule has 1 aromatic rings. The quantitative estimate of drug-likeness (QED) is 0.303. The largest absolute Gasteiger partial charge is 0.0918 e. The van der Waals surface area contributed by atoms with Gasteiger partial charge in [-0.15, -0.1) is 0 Å². The Bertz CT molecular complexity index is 439. The number of hydrogen-bond acceptors (Lipinski definition) is 1. The zero-order valence-corrected chi connectivity index (χ0v) is 8.55. The van der Waals surface area contributed by atoms with Gasteiger partial charge in [0.25, 0.3) is 0 Å². The van der Waals surface area contributed by atoms with Crippen LogP contribution in [-0.4, -0.2) is 6.54 Å². The number of halogens is 2. The lowest BCUT2D eigenvalue weighted by Crippen LogP contribution is -1.78. The van der Waals surface area contributed by atoms with Crippen LogP contribution < -0.4 is 0 Å². The summed E-state index contributed by atoms with van der Waals surface area (Å²) < 4.78 is 0. The minimum absolute atomic E-state index is 0.124. The van der Waals surface area contributed by atoms with Gasteiger partial charge in [-0.25, -0.2) is 0 Å². The van der Waals surface area contributed by atoms with E-state index in [1.165, 1.54) is 0 Å². The van der Waals surface area contributed by atoms with Crippen molar-refractivity contribution in [1.29, 1.82) is 0 Å². The molecule has 0 atom stereocenters. The van der Waals surface area contributed by atoms with Gasteiger partial charge in [0.1, 0.15) is 0 Å². The maximum Gasteiger partial charge on any atom is 0.0880 e. The van der Waals surface area contributed by atoms with E-state index in [0.717, 1.165) is 0 Å². The second-order valence-electron chi connectivity index (χ2n) is 2.29. The summed E-state index contributed by atoms with van der Waals surface area (Å²) in [6.45, 7) is 0.124. The Morgan fingerprint density at radius 3 is 2.93 bits per heavy atom. The first kappa shape index (κ1) is 10.7. The van der Waals surface area contributed by atoms with Crippen molar-refractivity contribution in [2.75, 3.05) is 6.54 Å². The Balaban J connectivity index is 2.89. The van der Waals surface area contributed by atoms with Gasteiger partial charge in [-0.1, -0.05) is 46.2 Å². The lowest BCUT2D eigenvalue weighted by atomic mass is 10.2. The van der Waals surface area contributed by atoms with Crippen LogP contribution in [0.1, 0.15) is 5.56 Å². The molecule has 0 fully saturated rings. The minimum atomic E-state index is 0.124. The Hall–Kier alpha value is -1.33. The second-order valence-corrected chi connectivity index (χ2v) is 3.08. The van der Waals surface area contributed by atoms with Gasteiger partial charge in [-0.05, 0) is 17.7 Å². The van der Waals surface area contributed by atoms with E-state index < -0.39 is 0 Å². The summed E-state index contributed by atoms with van der Waals surface area (Å²) in [5.74, 6) is 5.41. The van der Waals surface area contributed by atoms with Gasteiger partial charge in [-0.3, -0.25) is 0 Å². The van der Waals surface area contributed by atoms with Crippen LogP contribution in [0.15, 0.2) is 23.3 Å². The van der Waals surface area contributed by atoms with Crippen molar-refractivity contribution in [3.8, 4) is 11.8 Å². The van der Waals surface area contributed by atoms with Gasteiger partial charge in [-0.2, -0.15) is 0 Å². The van der Waals surface area contributed by atoms with Crippen molar-refractivity contribution in [3.05, 3.63) is 44.3 Å². The van der Waals surface area contributed by atoms with E-state index in [9.17, 15) is 0 Å². The highest BCUT2D eigenvalue weighted by molar-refractivity contribution is 6.42. The number of hydrogen-bond donors (Lipinski definition) is 0. The molecular formula is C9H5Cl2N3. The van der Waals surface area contributed by atoms with E-state index in [-0.39, 0.29) is 6.54 Å². The summed E-state index contributed by atoms with van der Waals surface area (Å²) in [5.41, 5.74) is 8.64. The molecule has 0 N–H and O–H groups in total. The molecule has 70 valence electrons. The molecule has 0 spiro atoms. The normalized spacial score (nSPS) is 8.43. The summed E-state index contributed by atoms with van der Waals surface area (Å²) in [4.78, 5) is 2.57. The zero-order valence-electron chi connectivity index (χ0n) is 7.04. The molecule has 0 aromatic heterocycles. The molecule has 0 aliphatic rings. The monoisotopic (exact) mass is 225 g/mol. The molecule has 5 heteroatoms. The van der Waals surface area contributed by atoms with Gasteiger partial charge in [0.15, 0.2) is 0 Å². The first-order valence-electron chi connectivity index (χ1n) is 3.69. The maximum atomic E-state index is 8.01. The lowest BCUT2D eigenvalue weighted by Gasteiger charge is -1.96. The van der Waals surface area contributed by atoms with Gasteiger partial charge in [0.05, 0.1) is 16.6 Å². The first-order chi connectivity index (χ1) is 6.75. The van der Waals surface area contributed by atoms with Crippen LogP contribution in [0, 0.1) is 11.8 Å². The molecule has 0 aliphatic carbocycles. The molecule has 0 bridgehead atoms. The Morgan fingerprint density at radius 1 is 1.43 bits per heavy atom. The van der Waals surface area contributed by atoms with E-state index in [1.807, 2.05) is 0 Å². The SMILES string of the molecule is [N-]=[N+]=NCC#Cc1cccc(Cl)c1Cl. The van der Waals surface area contributed by atoms with Crippen molar-refractivity contribution >= 4 is 23.2 Å². The highest BCUT2D eigenvalue weighted by Gasteiger charge is 1.99. The number of nitrogens with zero attached hydrogens (tertiary/aromatic N) is 3. The molecule has 0 amide bonds. The van der Waals surface area contributed by atoms with E-state index in [4.69, 9.17) is 28.7 Å². The molecular weight excluding hydrogens is 221 g/mol. The van der Waals surface area contributed by atoms with E-state index >= 15 is 0 Å². The van der Waals surface area contributed by atoms with Crippen molar-refractivity contribution in [2.45, 2.75) is 0 Å². The molecule has 0 saturated carbocycles. The van der Waals surface area contributed by atoms with Gasteiger partial charge < -0.3 is 0 Å². The smallest absolute Gasteiger partial charge is 0.0880 e. The standard InChI is InChI=1S/C9H5Cl2N3/c10-8-5-1-3-7(9(8)11)4-2-6-13-14-12/h1,3,5H,6H2. The molecule has 1 rings (SSSR count). The van der Waals surface area contributed by atoms with Crippen LogP contribution in [0.5, 0.6) is 0 Å². The molecule has 0 radical (unpaired) electrons. The summed E-state index contributed by atoms with van der Waals surface area (Å²) >= 11 is 11.6. The fourth-order valence-electron chi connectivity index (χ4n) is 0.802. The van der Waals surface area contributed by atoms with Crippen LogP contribution in [0.4, 0.5) is 0 Å². The third kappa shape index (κ3) is 2.86. The number of azide groups is 1. The Labute approximate surface area is 91.3 Å². The predicted molar refractivity (Wildman–Crippen MR) is 57.4 cm³/mol. The molecule has 0 saturated heterocycles. The average molecular weight is 226 g/mol. The van der Waals surface area contributed by atoms with Crippen LogP contribution >= 0.6 is 23.2 Å². The third-order valence-electron chi connectivity index (χ3n) is 1.39. The maximum absolute atomic E-state index is 8.01. The van der Waals surface area contributed by atoms with Crippen LogP contribution in [0.25, 0.3) is 10.4 Å². The second kappa shape index (κ2) is 5.41. The highest BCUT2D eigenvalue weighted by atomic mass is 35.5. The average Bonchev–Trinajstić information content (AvgIpc) is 2.19. The van der Waals surface area contributed by atoms with E-state index in [1.54, 1.807) is 18.2 Å². The summed E-state index contributed by atoms with van der Waals surface area (Å²) in [7, 11) is 0. The van der Waals surface area contributed by atoms with Gasteiger partial charge in [0.2, 0.25) is 0 Å². The highest BCUT2D eigenvalue weighted by Crippen LogP contribution is 2.24. The molecule has 1 aromatic carbocycles. The Morgan fingerprint density at radius 2 is 2.21 bits per heavy atom. The van der Waals surface area contributed by atoms with Gasteiger partial charge >= 0.3 is 0 Å². The summed E-state index contributed by atoms with van der Waals surface area (Å²) in [5, 5.41) is 4.15. The van der Waals surface area contributed by atoms with E-state index in [2.05, 4.69) is 21.9 Å². The van der Waals surface area contributed by atoms with E-state index in [0.29, 0.717) is 15.6 Å². The van der Waals surface area contributed by atoms with Gasteiger partial charge in [0, 0.05) is 10.5 Å².